The van der Waals surface area contributed by atoms with Crippen molar-refractivity contribution < 1.29 is 49.6 Å². The Balaban J connectivity index is 2.12. The molecule has 26 heavy (non-hydrogen) atoms. The highest BCUT2D eigenvalue weighted by Crippen LogP contribution is 2.32. The van der Waals surface area contributed by atoms with Gasteiger partial charge in [-0.2, -0.15) is 0 Å². The second-order valence-electron chi connectivity index (χ2n) is 6.54. The fourth-order valence-electron chi connectivity index (χ4n) is 3.46. The van der Waals surface area contributed by atoms with Gasteiger partial charge in [0.15, 0.2) is 12.6 Å². The molecular formula is C16H30O10. The van der Waals surface area contributed by atoms with E-state index in [1.54, 1.807) is 13.8 Å². The Hall–Kier alpha value is -0.400. The summed E-state index contributed by atoms with van der Waals surface area (Å²) < 4.78 is 21.7. The highest BCUT2D eigenvalue weighted by atomic mass is 16.7. The maximum absolute atomic E-state index is 10.3. The first-order chi connectivity index (χ1) is 12.4. The Bertz CT molecular complexity index is 420. The van der Waals surface area contributed by atoms with E-state index in [9.17, 15) is 30.6 Å². The lowest BCUT2D eigenvalue weighted by atomic mass is 9.87. The van der Waals surface area contributed by atoms with Crippen LogP contribution < -0.4 is 0 Å². The minimum atomic E-state index is -1.48. The molecule has 10 heteroatoms. The Labute approximate surface area is 151 Å². The van der Waals surface area contributed by atoms with Crippen LogP contribution in [0.25, 0.3) is 0 Å². The minimum absolute atomic E-state index is 0.228. The molecule has 10 atom stereocenters. The molecule has 0 aromatic carbocycles. The van der Waals surface area contributed by atoms with Gasteiger partial charge in [0.05, 0.1) is 25.4 Å². The van der Waals surface area contributed by atoms with Crippen molar-refractivity contribution >= 4 is 0 Å². The maximum atomic E-state index is 10.3. The molecule has 6 N–H and O–H groups in total. The van der Waals surface area contributed by atoms with E-state index in [1.807, 2.05) is 0 Å². The summed E-state index contributed by atoms with van der Waals surface area (Å²) >= 11 is 0. The maximum Gasteiger partial charge on any atom is 0.187 e. The zero-order valence-electron chi connectivity index (χ0n) is 14.9. The first-order valence-corrected chi connectivity index (χ1v) is 8.91. The van der Waals surface area contributed by atoms with Gasteiger partial charge in [0.2, 0.25) is 0 Å². The third-order valence-corrected chi connectivity index (χ3v) is 4.95. The van der Waals surface area contributed by atoms with Crippen LogP contribution >= 0.6 is 0 Å². The van der Waals surface area contributed by atoms with Crippen LogP contribution in [0.2, 0.25) is 0 Å². The van der Waals surface area contributed by atoms with Crippen LogP contribution in [0.4, 0.5) is 0 Å². The lowest BCUT2D eigenvalue weighted by molar-refractivity contribution is -0.356. The monoisotopic (exact) mass is 382 g/mol. The molecule has 0 radical (unpaired) electrons. The summed E-state index contributed by atoms with van der Waals surface area (Å²) in [7, 11) is 0. The fraction of sp³-hybridized carbons (Fsp3) is 1.00. The topological polar surface area (TPSA) is 158 Å². The van der Waals surface area contributed by atoms with Gasteiger partial charge in [-0.3, -0.25) is 0 Å². The highest BCUT2D eigenvalue weighted by Gasteiger charge is 2.50. The van der Waals surface area contributed by atoms with Crippen LogP contribution in [0.15, 0.2) is 0 Å². The summed E-state index contributed by atoms with van der Waals surface area (Å²) in [6.07, 6.45) is -10.7. The van der Waals surface area contributed by atoms with Crippen molar-refractivity contribution in [1.82, 2.24) is 0 Å². The van der Waals surface area contributed by atoms with E-state index >= 15 is 0 Å². The van der Waals surface area contributed by atoms with Crippen LogP contribution in [-0.2, 0) is 18.9 Å². The van der Waals surface area contributed by atoms with Crippen molar-refractivity contribution in [2.45, 2.75) is 75.6 Å². The third-order valence-electron chi connectivity index (χ3n) is 4.95. The van der Waals surface area contributed by atoms with Crippen molar-refractivity contribution in [3.8, 4) is 0 Å². The molecule has 0 aromatic heterocycles. The second kappa shape index (κ2) is 9.69. The van der Waals surface area contributed by atoms with Gasteiger partial charge in [0.1, 0.15) is 30.5 Å². The zero-order chi connectivity index (χ0) is 19.4. The van der Waals surface area contributed by atoms with E-state index in [-0.39, 0.29) is 13.2 Å². The molecule has 0 saturated carbocycles. The predicted molar refractivity (Wildman–Crippen MR) is 85.8 cm³/mol. The Morgan fingerprint density at radius 2 is 1.35 bits per heavy atom. The number of rotatable bonds is 7. The van der Waals surface area contributed by atoms with Gasteiger partial charge in [-0.05, 0) is 13.3 Å². The van der Waals surface area contributed by atoms with E-state index in [2.05, 4.69) is 0 Å². The molecule has 0 bridgehead atoms. The Morgan fingerprint density at radius 1 is 0.769 bits per heavy atom. The molecule has 2 aliphatic heterocycles. The molecular weight excluding hydrogens is 352 g/mol. The summed E-state index contributed by atoms with van der Waals surface area (Å²) in [6.45, 7) is 2.78. The number of aliphatic hydroxyl groups is 6. The third kappa shape index (κ3) is 4.36. The van der Waals surface area contributed by atoms with Crippen LogP contribution in [0.3, 0.4) is 0 Å². The number of hydrogen-bond acceptors (Lipinski definition) is 10. The summed E-state index contributed by atoms with van der Waals surface area (Å²) in [5.74, 6) is -0.482. The van der Waals surface area contributed by atoms with E-state index in [0.29, 0.717) is 6.42 Å². The Morgan fingerprint density at radius 3 is 1.88 bits per heavy atom. The standard InChI is InChI=1S/C16H30O10/c1-3-7-8(5-17)24-16(12(21)10(7)19)26-14-9(6-18)25-15(23-4-2)13(22)11(14)20/h7-22H,3-6H2,1-2H3/t7-,8?,9+,10+,11?,12?,13?,14-,15-,16+/m1/s1. The molecule has 0 aliphatic carbocycles. The smallest absolute Gasteiger partial charge is 0.187 e. The summed E-state index contributed by atoms with van der Waals surface area (Å²) in [5, 5.41) is 60.0. The van der Waals surface area contributed by atoms with E-state index in [0.717, 1.165) is 0 Å². The van der Waals surface area contributed by atoms with Crippen molar-refractivity contribution in [3.63, 3.8) is 0 Å². The summed E-state index contributed by atoms with van der Waals surface area (Å²) in [5.41, 5.74) is 0. The van der Waals surface area contributed by atoms with Crippen LogP contribution in [0.5, 0.6) is 0 Å². The van der Waals surface area contributed by atoms with Crippen molar-refractivity contribution in [2.75, 3.05) is 19.8 Å². The zero-order valence-corrected chi connectivity index (χ0v) is 14.9. The summed E-state index contributed by atoms with van der Waals surface area (Å²) in [4.78, 5) is 0. The lowest BCUT2D eigenvalue weighted by Gasteiger charge is -2.46. The molecule has 2 aliphatic rings. The average molecular weight is 382 g/mol. The van der Waals surface area contributed by atoms with Crippen molar-refractivity contribution in [3.05, 3.63) is 0 Å². The molecule has 0 aromatic rings. The number of ether oxygens (including phenoxy) is 4. The predicted octanol–water partition coefficient (Wildman–Crippen LogP) is -2.69. The average Bonchev–Trinajstić information content (AvgIpc) is 2.64. The molecule has 4 unspecified atom stereocenters. The Kier molecular flexibility index (Phi) is 8.16. The molecule has 0 amide bonds. The minimum Gasteiger partial charge on any atom is -0.394 e. The van der Waals surface area contributed by atoms with Gasteiger partial charge in [0, 0.05) is 12.5 Å². The van der Waals surface area contributed by atoms with E-state index in [4.69, 9.17) is 18.9 Å². The lowest BCUT2D eigenvalue weighted by Crippen LogP contribution is -2.63. The van der Waals surface area contributed by atoms with Crippen LogP contribution in [-0.4, -0.2) is 106 Å². The fourth-order valence-corrected chi connectivity index (χ4v) is 3.46. The first kappa shape index (κ1) is 21.9. The molecule has 10 nitrogen and oxygen atoms in total. The van der Waals surface area contributed by atoms with Gasteiger partial charge in [0.25, 0.3) is 0 Å². The highest BCUT2D eigenvalue weighted by molar-refractivity contribution is 4.93. The molecule has 154 valence electrons. The molecule has 2 heterocycles. The van der Waals surface area contributed by atoms with Gasteiger partial charge in [-0.25, -0.2) is 0 Å². The first-order valence-electron chi connectivity index (χ1n) is 8.91. The SMILES string of the molecule is CCO[C@@H]1O[C@@H](CO)[C@@H](O[C@@H]2OC(CO)[C@@H](CC)[C@H](O)C2O)C(O)C1O. The van der Waals surface area contributed by atoms with Gasteiger partial charge in [-0.15, -0.1) is 0 Å². The van der Waals surface area contributed by atoms with Crippen LogP contribution in [0, 0.1) is 5.92 Å². The van der Waals surface area contributed by atoms with Gasteiger partial charge in [-0.1, -0.05) is 6.92 Å². The van der Waals surface area contributed by atoms with E-state index in [1.165, 1.54) is 0 Å². The van der Waals surface area contributed by atoms with E-state index < -0.39 is 67.8 Å². The molecule has 0 spiro atoms. The summed E-state index contributed by atoms with van der Waals surface area (Å²) in [6, 6.07) is 0. The second-order valence-corrected chi connectivity index (χ2v) is 6.54. The molecule has 2 rings (SSSR count). The molecule has 2 saturated heterocycles. The largest absolute Gasteiger partial charge is 0.394 e. The van der Waals surface area contributed by atoms with Crippen molar-refractivity contribution in [1.29, 1.82) is 0 Å². The normalized spacial score (nSPS) is 47.1. The number of aliphatic hydroxyl groups excluding tert-OH is 6. The molecule has 2 fully saturated rings. The number of hydrogen-bond donors (Lipinski definition) is 6. The van der Waals surface area contributed by atoms with Gasteiger partial charge >= 0.3 is 0 Å². The van der Waals surface area contributed by atoms with Gasteiger partial charge < -0.3 is 49.6 Å². The quantitative estimate of drug-likeness (QED) is 0.274. The van der Waals surface area contributed by atoms with Crippen LogP contribution in [0.1, 0.15) is 20.3 Å². The van der Waals surface area contributed by atoms with Crippen molar-refractivity contribution in [2.24, 2.45) is 5.92 Å².